The summed E-state index contributed by atoms with van der Waals surface area (Å²) in [5.41, 5.74) is 0.537. The van der Waals surface area contributed by atoms with Crippen LogP contribution in [0.15, 0.2) is 42.5 Å². The van der Waals surface area contributed by atoms with Crippen LogP contribution in [0.3, 0.4) is 0 Å². The van der Waals surface area contributed by atoms with E-state index in [1.165, 1.54) is 21.3 Å². The van der Waals surface area contributed by atoms with E-state index in [9.17, 15) is 4.79 Å². The molecule has 0 bridgehead atoms. The highest BCUT2D eigenvalue weighted by molar-refractivity contribution is 5.95. The van der Waals surface area contributed by atoms with Gasteiger partial charge in [-0.2, -0.15) is 0 Å². The van der Waals surface area contributed by atoms with Crippen LogP contribution in [-0.2, 0) is 4.79 Å². The highest BCUT2D eigenvalue weighted by Gasteiger charge is 2.20. The second-order valence-corrected chi connectivity index (χ2v) is 5.23. The van der Waals surface area contributed by atoms with Gasteiger partial charge in [-0.1, -0.05) is 25.1 Å². The van der Waals surface area contributed by atoms with Crippen LogP contribution >= 0.6 is 0 Å². The monoisotopic (exact) mass is 345 g/mol. The van der Waals surface area contributed by atoms with Gasteiger partial charge < -0.3 is 24.3 Å². The third-order valence-electron chi connectivity index (χ3n) is 3.62. The van der Waals surface area contributed by atoms with Crippen molar-refractivity contribution < 1.29 is 23.7 Å². The van der Waals surface area contributed by atoms with E-state index in [-0.39, 0.29) is 5.91 Å². The van der Waals surface area contributed by atoms with Crippen LogP contribution in [0.5, 0.6) is 23.0 Å². The lowest BCUT2D eigenvalue weighted by Gasteiger charge is -2.19. The third-order valence-corrected chi connectivity index (χ3v) is 3.62. The summed E-state index contributed by atoms with van der Waals surface area (Å²) in [6, 6.07) is 12.6. The zero-order valence-electron chi connectivity index (χ0n) is 14.9. The fraction of sp³-hybridized carbons (Fsp3) is 0.316. The first-order chi connectivity index (χ1) is 12.1. The largest absolute Gasteiger partial charge is 0.493 e. The molecule has 2 aromatic carbocycles. The number of para-hydroxylation sites is 1. The number of methoxy groups -OCH3 is 3. The van der Waals surface area contributed by atoms with Gasteiger partial charge in [0.2, 0.25) is 5.75 Å². The van der Waals surface area contributed by atoms with E-state index in [1.54, 1.807) is 12.1 Å². The van der Waals surface area contributed by atoms with Crippen molar-refractivity contribution in [1.29, 1.82) is 0 Å². The van der Waals surface area contributed by atoms with E-state index in [1.807, 2.05) is 37.3 Å². The molecular formula is C19H23NO5. The number of ether oxygens (including phenoxy) is 4. The maximum atomic E-state index is 12.6. The average Bonchev–Trinajstić information content (AvgIpc) is 2.65. The molecule has 1 N–H and O–H groups in total. The van der Waals surface area contributed by atoms with Crippen LogP contribution in [0.4, 0.5) is 5.69 Å². The molecule has 6 nitrogen and oxygen atoms in total. The summed E-state index contributed by atoms with van der Waals surface area (Å²) in [5, 5.41) is 2.83. The molecule has 0 heterocycles. The lowest BCUT2D eigenvalue weighted by Crippen LogP contribution is -2.32. The van der Waals surface area contributed by atoms with Crippen molar-refractivity contribution in [3.8, 4) is 23.0 Å². The molecule has 0 aliphatic carbocycles. The number of hydrogen-bond acceptors (Lipinski definition) is 5. The molecule has 6 heteroatoms. The zero-order chi connectivity index (χ0) is 18.2. The minimum atomic E-state index is -0.610. The SMILES string of the molecule is CCC(Oc1ccccc1)C(=O)Nc1cc(OC)c(OC)c(OC)c1. The van der Waals surface area contributed by atoms with Crippen molar-refractivity contribution >= 4 is 11.6 Å². The summed E-state index contributed by atoms with van der Waals surface area (Å²) in [6.45, 7) is 1.89. The van der Waals surface area contributed by atoms with Gasteiger partial charge in [-0.05, 0) is 18.6 Å². The predicted octanol–water partition coefficient (Wildman–Crippen LogP) is 3.51. The maximum Gasteiger partial charge on any atom is 0.265 e. The van der Waals surface area contributed by atoms with Gasteiger partial charge in [-0.15, -0.1) is 0 Å². The van der Waals surface area contributed by atoms with Gasteiger partial charge in [0, 0.05) is 17.8 Å². The molecule has 1 atom stereocenters. The number of benzene rings is 2. The lowest BCUT2D eigenvalue weighted by atomic mass is 10.2. The maximum absolute atomic E-state index is 12.6. The van der Waals surface area contributed by atoms with Gasteiger partial charge in [0.25, 0.3) is 5.91 Å². The van der Waals surface area contributed by atoms with Crippen molar-refractivity contribution in [2.24, 2.45) is 0 Å². The predicted molar refractivity (Wildman–Crippen MR) is 95.9 cm³/mol. The van der Waals surface area contributed by atoms with E-state index in [4.69, 9.17) is 18.9 Å². The molecule has 0 fully saturated rings. The van der Waals surface area contributed by atoms with Gasteiger partial charge in [-0.25, -0.2) is 0 Å². The van der Waals surface area contributed by atoms with E-state index in [0.29, 0.717) is 35.1 Å². The Hall–Kier alpha value is -2.89. The summed E-state index contributed by atoms with van der Waals surface area (Å²) in [5.74, 6) is 1.80. The van der Waals surface area contributed by atoms with E-state index in [0.717, 1.165) is 0 Å². The summed E-state index contributed by atoms with van der Waals surface area (Å²) < 4.78 is 21.6. The normalized spacial score (nSPS) is 11.4. The molecule has 2 aromatic rings. The van der Waals surface area contributed by atoms with Crippen LogP contribution in [-0.4, -0.2) is 33.3 Å². The van der Waals surface area contributed by atoms with Crippen LogP contribution < -0.4 is 24.3 Å². The Kier molecular flexibility index (Phi) is 6.51. The number of anilines is 1. The minimum Gasteiger partial charge on any atom is -0.493 e. The van der Waals surface area contributed by atoms with E-state index in [2.05, 4.69) is 5.32 Å². The Bertz CT molecular complexity index is 677. The van der Waals surface area contributed by atoms with Crippen LogP contribution in [0.25, 0.3) is 0 Å². The Morgan fingerprint density at radius 1 is 1.00 bits per heavy atom. The molecule has 2 rings (SSSR count). The van der Waals surface area contributed by atoms with Gasteiger partial charge in [0.15, 0.2) is 17.6 Å². The Morgan fingerprint density at radius 3 is 2.08 bits per heavy atom. The smallest absolute Gasteiger partial charge is 0.265 e. The van der Waals surface area contributed by atoms with Gasteiger partial charge in [-0.3, -0.25) is 4.79 Å². The standard InChI is InChI=1S/C19H23NO5/c1-5-15(25-14-9-7-6-8-10-14)19(21)20-13-11-16(22-2)18(24-4)17(12-13)23-3/h6-12,15H,5H2,1-4H3,(H,20,21). The van der Waals surface area contributed by atoms with Crippen molar-refractivity contribution in [3.63, 3.8) is 0 Å². The molecule has 25 heavy (non-hydrogen) atoms. The van der Waals surface area contributed by atoms with Crippen molar-refractivity contribution in [3.05, 3.63) is 42.5 Å². The highest BCUT2D eigenvalue weighted by Crippen LogP contribution is 2.40. The topological polar surface area (TPSA) is 66.0 Å². The number of carbonyl (C=O) groups excluding carboxylic acids is 1. The summed E-state index contributed by atoms with van der Waals surface area (Å²) >= 11 is 0. The van der Waals surface area contributed by atoms with E-state index < -0.39 is 6.10 Å². The summed E-state index contributed by atoms with van der Waals surface area (Å²) in [6.07, 6.45) is -0.0768. The number of hydrogen-bond donors (Lipinski definition) is 1. The Labute approximate surface area is 147 Å². The molecule has 0 saturated carbocycles. The second-order valence-electron chi connectivity index (χ2n) is 5.23. The Morgan fingerprint density at radius 2 is 1.60 bits per heavy atom. The minimum absolute atomic E-state index is 0.249. The Balaban J connectivity index is 2.18. The second kappa shape index (κ2) is 8.82. The van der Waals surface area contributed by atoms with Crippen molar-refractivity contribution in [1.82, 2.24) is 0 Å². The first-order valence-electron chi connectivity index (χ1n) is 7.95. The fourth-order valence-electron chi connectivity index (χ4n) is 2.36. The molecule has 0 aliphatic heterocycles. The quantitative estimate of drug-likeness (QED) is 0.793. The van der Waals surface area contributed by atoms with Crippen molar-refractivity contribution in [2.45, 2.75) is 19.4 Å². The number of amides is 1. The molecule has 134 valence electrons. The van der Waals surface area contributed by atoms with Gasteiger partial charge in [0.05, 0.1) is 21.3 Å². The first-order valence-corrected chi connectivity index (χ1v) is 7.95. The molecule has 0 aliphatic rings. The van der Waals surface area contributed by atoms with Gasteiger partial charge in [0.1, 0.15) is 5.75 Å². The third kappa shape index (κ3) is 4.56. The molecule has 0 aromatic heterocycles. The van der Waals surface area contributed by atoms with Crippen LogP contribution in [0.1, 0.15) is 13.3 Å². The molecule has 1 unspecified atom stereocenters. The zero-order valence-corrected chi connectivity index (χ0v) is 14.9. The van der Waals surface area contributed by atoms with Crippen LogP contribution in [0.2, 0.25) is 0 Å². The van der Waals surface area contributed by atoms with Crippen molar-refractivity contribution in [2.75, 3.05) is 26.6 Å². The molecule has 1 amide bonds. The van der Waals surface area contributed by atoms with E-state index >= 15 is 0 Å². The highest BCUT2D eigenvalue weighted by atomic mass is 16.5. The number of carbonyl (C=O) groups is 1. The van der Waals surface area contributed by atoms with Crippen LogP contribution in [0, 0.1) is 0 Å². The fourth-order valence-corrected chi connectivity index (χ4v) is 2.36. The summed E-state index contributed by atoms with van der Waals surface area (Å²) in [4.78, 5) is 12.6. The number of rotatable bonds is 8. The molecule has 0 radical (unpaired) electrons. The number of nitrogens with one attached hydrogen (secondary N) is 1. The molecule has 0 spiro atoms. The first kappa shape index (κ1) is 18.4. The average molecular weight is 345 g/mol. The van der Waals surface area contributed by atoms with Gasteiger partial charge >= 0.3 is 0 Å². The molecule has 0 saturated heterocycles. The molecular weight excluding hydrogens is 322 g/mol. The summed E-state index contributed by atoms with van der Waals surface area (Å²) in [7, 11) is 4.58. The lowest BCUT2D eigenvalue weighted by molar-refractivity contribution is -0.122.